The molecule has 0 N–H and O–H groups in total. The van der Waals surface area contributed by atoms with E-state index >= 15 is 0 Å². The lowest BCUT2D eigenvalue weighted by molar-refractivity contribution is 0.601. The molecule has 1 aliphatic rings. The van der Waals surface area contributed by atoms with Gasteiger partial charge >= 0.3 is 0 Å². The average Bonchev–Trinajstić information content (AvgIpc) is 2.50. The molecule has 0 saturated carbocycles. The van der Waals surface area contributed by atoms with Gasteiger partial charge < -0.3 is 0 Å². The molecule has 0 aromatic carbocycles. The van der Waals surface area contributed by atoms with Crippen LogP contribution in [-0.2, 0) is 9.84 Å². The van der Waals surface area contributed by atoms with Crippen LogP contribution in [0.3, 0.4) is 0 Å². The van der Waals surface area contributed by atoms with Gasteiger partial charge in [-0.05, 0) is 17.7 Å². The maximum atomic E-state index is 11.3. The second-order valence-electron chi connectivity index (χ2n) is 3.72. The first-order valence-electron chi connectivity index (χ1n) is 4.84. The normalized spacial score (nSPS) is 28.6. The summed E-state index contributed by atoms with van der Waals surface area (Å²) in [4.78, 5) is 8.09. The summed E-state index contributed by atoms with van der Waals surface area (Å²) in [5.41, 5.74) is 0.892. The van der Waals surface area contributed by atoms with Gasteiger partial charge in [-0.25, -0.2) is 8.42 Å². The summed E-state index contributed by atoms with van der Waals surface area (Å²) in [6.45, 7) is 0. The minimum Gasteiger partial charge on any atom is -0.287 e. The molecule has 86 valence electrons. The first kappa shape index (κ1) is 11.5. The van der Waals surface area contributed by atoms with Gasteiger partial charge in [-0.2, -0.15) is 0 Å². The Bertz CT molecular complexity index is 487. The first-order chi connectivity index (χ1) is 7.57. The second-order valence-corrected chi connectivity index (χ2v) is 6.43. The van der Waals surface area contributed by atoms with Crippen LogP contribution in [0, 0.1) is 0 Å². The van der Waals surface area contributed by atoms with Crippen LogP contribution in [0.5, 0.6) is 0 Å². The highest BCUT2D eigenvalue weighted by Gasteiger charge is 2.35. The topological polar surface area (TPSA) is 59.4 Å². The number of nitrogens with zero attached hydrogens (tertiary/aromatic N) is 2. The summed E-state index contributed by atoms with van der Waals surface area (Å²) >= 11 is 5.92. The van der Waals surface area contributed by atoms with Gasteiger partial charge in [-0.15, -0.1) is 11.6 Å². The van der Waals surface area contributed by atoms with Crippen molar-refractivity contribution in [3.8, 4) is 0 Å². The smallest absolute Gasteiger partial charge is 0.153 e. The first-order valence-corrected chi connectivity index (χ1v) is 7.10. The van der Waals surface area contributed by atoms with Gasteiger partial charge in [-0.3, -0.25) is 9.98 Å². The molecule has 6 heteroatoms. The highest BCUT2D eigenvalue weighted by atomic mass is 35.5. The monoisotopic (exact) mass is 258 g/mol. The Balaban J connectivity index is 2.09. The zero-order valence-corrected chi connectivity index (χ0v) is 10.0. The number of sulfone groups is 1. The second kappa shape index (κ2) is 4.51. The van der Waals surface area contributed by atoms with Gasteiger partial charge in [0.1, 0.15) is 0 Å². The Kier molecular flexibility index (Phi) is 3.25. The molecule has 0 unspecified atom stereocenters. The molecule has 0 radical (unpaired) electrons. The van der Waals surface area contributed by atoms with Crippen molar-refractivity contribution in [2.24, 2.45) is 4.99 Å². The average molecular weight is 259 g/mol. The molecule has 4 nitrogen and oxygen atoms in total. The van der Waals surface area contributed by atoms with Crippen LogP contribution in [0.25, 0.3) is 0 Å². The fraction of sp³-hybridized carbons (Fsp3) is 0.400. The summed E-state index contributed by atoms with van der Waals surface area (Å²) < 4.78 is 22.6. The molecule has 1 fully saturated rings. The Hall–Kier alpha value is -0.940. The van der Waals surface area contributed by atoms with Crippen molar-refractivity contribution in [3.05, 3.63) is 30.1 Å². The van der Waals surface area contributed by atoms with E-state index in [0.29, 0.717) is 0 Å². The van der Waals surface area contributed by atoms with E-state index in [1.54, 1.807) is 30.7 Å². The summed E-state index contributed by atoms with van der Waals surface area (Å²) in [5, 5.41) is -0.414. The van der Waals surface area contributed by atoms with Gasteiger partial charge in [0.05, 0.1) is 22.9 Å². The van der Waals surface area contributed by atoms with E-state index in [2.05, 4.69) is 9.98 Å². The van der Waals surface area contributed by atoms with Crippen LogP contribution in [0.1, 0.15) is 5.56 Å². The molecule has 2 atom stereocenters. The number of aliphatic imine (C=N–C) groups is 1. The molecule has 0 aliphatic carbocycles. The predicted molar refractivity (Wildman–Crippen MR) is 63.9 cm³/mol. The molecular weight excluding hydrogens is 248 g/mol. The van der Waals surface area contributed by atoms with E-state index in [1.807, 2.05) is 0 Å². The van der Waals surface area contributed by atoms with E-state index in [0.717, 1.165) is 5.56 Å². The van der Waals surface area contributed by atoms with Gasteiger partial charge in [-0.1, -0.05) is 0 Å². The van der Waals surface area contributed by atoms with E-state index in [-0.39, 0.29) is 17.5 Å². The van der Waals surface area contributed by atoms with Crippen molar-refractivity contribution >= 4 is 27.7 Å². The quantitative estimate of drug-likeness (QED) is 0.585. The maximum absolute atomic E-state index is 11.3. The summed E-state index contributed by atoms with van der Waals surface area (Å²) in [6.07, 6.45) is 4.96. The summed E-state index contributed by atoms with van der Waals surface area (Å²) in [7, 11) is -3.01. The third kappa shape index (κ3) is 2.80. The van der Waals surface area contributed by atoms with Gasteiger partial charge in [0, 0.05) is 18.6 Å². The van der Waals surface area contributed by atoms with Gasteiger partial charge in [0.2, 0.25) is 0 Å². The lowest BCUT2D eigenvalue weighted by Gasteiger charge is -2.04. The Morgan fingerprint density at radius 2 is 2.06 bits per heavy atom. The molecule has 0 spiro atoms. The Morgan fingerprint density at radius 3 is 2.62 bits per heavy atom. The Labute approximate surface area is 99.3 Å². The van der Waals surface area contributed by atoms with E-state index in [1.165, 1.54) is 0 Å². The number of aromatic nitrogens is 1. The van der Waals surface area contributed by atoms with Crippen molar-refractivity contribution in [3.63, 3.8) is 0 Å². The lowest BCUT2D eigenvalue weighted by Crippen LogP contribution is -2.16. The molecule has 16 heavy (non-hydrogen) atoms. The summed E-state index contributed by atoms with van der Waals surface area (Å²) in [5.74, 6) is 0.0651. The largest absolute Gasteiger partial charge is 0.287 e. The third-order valence-corrected chi connectivity index (χ3v) is 4.72. The summed E-state index contributed by atoms with van der Waals surface area (Å²) in [6, 6.07) is 3.27. The van der Waals surface area contributed by atoms with Crippen LogP contribution in [0.2, 0.25) is 0 Å². The third-order valence-electron chi connectivity index (χ3n) is 2.38. The van der Waals surface area contributed by atoms with Crippen LogP contribution in [0.4, 0.5) is 0 Å². The van der Waals surface area contributed by atoms with Gasteiger partial charge in [0.25, 0.3) is 0 Å². The van der Waals surface area contributed by atoms with Crippen molar-refractivity contribution in [1.29, 1.82) is 0 Å². The molecule has 2 heterocycles. The standard InChI is InChI=1S/C10H11ClN2O2S/c11-9-6-16(14,15)7-10(9)13-5-8-1-3-12-4-2-8/h1-5,9-10H,6-7H2/t9-,10-/m1/s1. The fourth-order valence-electron chi connectivity index (χ4n) is 1.55. The molecule has 1 saturated heterocycles. The van der Waals surface area contributed by atoms with Crippen LogP contribution >= 0.6 is 11.6 Å². The highest BCUT2D eigenvalue weighted by molar-refractivity contribution is 7.91. The Morgan fingerprint density at radius 1 is 1.38 bits per heavy atom. The van der Waals surface area contributed by atoms with Crippen LogP contribution in [-0.4, -0.2) is 42.5 Å². The number of pyridine rings is 1. The molecule has 1 aliphatic heterocycles. The molecule has 2 rings (SSSR count). The predicted octanol–water partition coefficient (Wildman–Crippen LogP) is 0.905. The van der Waals surface area contributed by atoms with Crippen molar-refractivity contribution in [1.82, 2.24) is 4.98 Å². The molecule has 0 amide bonds. The number of halogens is 1. The lowest BCUT2D eigenvalue weighted by atomic mass is 10.2. The molecule has 1 aromatic heterocycles. The molecule has 1 aromatic rings. The highest BCUT2D eigenvalue weighted by Crippen LogP contribution is 2.20. The van der Waals surface area contributed by atoms with Crippen LogP contribution in [0.15, 0.2) is 29.5 Å². The number of hydrogen-bond donors (Lipinski definition) is 0. The SMILES string of the molecule is O=S1(=O)C[C@@H](Cl)[C@H](N=Cc2ccncc2)C1. The zero-order chi connectivity index (χ0) is 11.6. The van der Waals surface area contributed by atoms with Crippen molar-refractivity contribution in [2.45, 2.75) is 11.4 Å². The number of rotatable bonds is 2. The minimum absolute atomic E-state index is 0.0207. The number of hydrogen-bond acceptors (Lipinski definition) is 4. The van der Waals surface area contributed by atoms with E-state index < -0.39 is 15.2 Å². The zero-order valence-electron chi connectivity index (χ0n) is 8.45. The van der Waals surface area contributed by atoms with Crippen molar-refractivity contribution in [2.75, 3.05) is 11.5 Å². The fourth-order valence-corrected chi connectivity index (χ4v) is 4.07. The molecule has 0 bridgehead atoms. The van der Waals surface area contributed by atoms with E-state index in [4.69, 9.17) is 11.6 Å². The van der Waals surface area contributed by atoms with E-state index in [9.17, 15) is 8.42 Å². The molecular formula is C10H11ClN2O2S. The minimum atomic E-state index is -3.01. The number of alkyl halides is 1. The van der Waals surface area contributed by atoms with Gasteiger partial charge in [0.15, 0.2) is 9.84 Å². The maximum Gasteiger partial charge on any atom is 0.153 e. The van der Waals surface area contributed by atoms with Crippen molar-refractivity contribution < 1.29 is 8.42 Å². The van der Waals surface area contributed by atoms with Crippen LogP contribution < -0.4 is 0 Å².